The Labute approximate surface area is 306 Å². The normalized spacial score (nSPS) is 20.4. The van der Waals surface area contributed by atoms with Gasteiger partial charge in [-0.05, 0) is 73.0 Å². The topological polar surface area (TPSA) is 110 Å². The number of piperidine rings is 1. The second-order valence-corrected chi connectivity index (χ2v) is 15.6. The lowest BCUT2D eigenvalue weighted by Crippen LogP contribution is -2.53. The summed E-state index contributed by atoms with van der Waals surface area (Å²) in [6.45, 7) is 6.52. The van der Waals surface area contributed by atoms with Crippen LogP contribution in [0.1, 0.15) is 29.0 Å². The van der Waals surface area contributed by atoms with E-state index in [1.807, 2.05) is 68.6 Å². The number of ether oxygens (including phenoxy) is 5. The van der Waals surface area contributed by atoms with Crippen LogP contribution in [0.4, 0.5) is 11.4 Å². The molecule has 3 aliphatic heterocycles. The molecule has 3 heterocycles. The average Bonchev–Trinajstić information content (AvgIpc) is 3.14. The summed E-state index contributed by atoms with van der Waals surface area (Å²) in [6.07, 6.45) is -0.767. The number of rotatable bonds is 12. The number of likely N-dealkylation sites (N-methyl/N-ethyl adjacent to an activating group) is 1. The number of aliphatic hydroxyl groups is 1. The lowest BCUT2D eigenvalue weighted by atomic mass is 9.85. The lowest BCUT2D eigenvalue weighted by molar-refractivity contribution is -0.0534. The van der Waals surface area contributed by atoms with Gasteiger partial charge in [-0.2, -0.15) is 4.31 Å². The minimum absolute atomic E-state index is 0.0603. The van der Waals surface area contributed by atoms with E-state index < -0.39 is 28.1 Å². The van der Waals surface area contributed by atoms with Gasteiger partial charge in [0.15, 0.2) is 0 Å². The van der Waals surface area contributed by atoms with Gasteiger partial charge < -0.3 is 38.6 Å². The number of fused-ring (bicyclic) bond motifs is 2. The van der Waals surface area contributed by atoms with E-state index in [2.05, 4.69) is 15.9 Å². The van der Waals surface area contributed by atoms with Crippen molar-refractivity contribution in [1.29, 1.82) is 0 Å². The molecule has 1 N–H and O–H groups in total. The Kier molecular flexibility index (Phi) is 10.9. The van der Waals surface area contributed by atoms with Crippen molar-refractivity contribution in [2.75, 3.05) is 76.5 Å². The molecular weight excluding hydrogens is 683 g/mol. The van der Waals surface area contributed by atoms with Gasteiger partial charge in [-0.1, -0.05) is 35.9 Å². The van der Waals surface area contributed by atoms with E-state index in [4.69, 9.17) is 23.7 Å². The molecule has 0 aromatic heterocycles. The number of anilines is 2. The van der Waals surface area contributed by atoms with Crippen LogP contribution in [0.25, 0.3) is 0 Å². The summed E-state index contributed by atoms with van der Waals surface area (Å²) in [5.41, 5.74) is 4.74. The number of nitrogens with zero attached hydrogens (tertiary/aromatic N) is 3. The zero-order valence-corrected chi connectivity index (χ0v) is 30.8. The van der Waals surface area contributed by atoms with Crippen LogP contribution < -0.4 is 24.0 Å². The Morgan fingerprint density at radius 3 is 2.38 bits per heavy atom. The molecular formula is C40H47N3O8S. The molecule has 0 radical (unpaired) electrons. The van der Waals surface area contributed by atoms with Crippen molar-refractivity contribution in [3.05, 3.63) is 102 Å². The second kappa shape index (κ2) is 15.7. The minimum atomic E-state index is -3.89. The highest BCUT2D eigenvalue weighted by molar-refractivity contribution is 7.89. The molecule has 11 nitrogen and oxygen atoms in total. The first kappa shape index (κ1) is 36.0. The molecule has 0 amide bonds. The number of hydrogen-bond acceptors (Lipinski definition) is 10. The molecule has 276 valence electrons. The van der Waals surface area contributed by atoms with Crippen LogP contribution in [0.2, 0.25) is 0 Å². The van der Waals surface area contributed by atoms with Crippen LogP contribution >= 0.6 is 0 Å². The van der Waals surface area contributed by atoms with E-state index in [1.54, 1.807) is 31.4 Å². The van der Waals surface area contributed by atoms with Gasteiger partial charge in [0.2, 0.25) is 10.0 Å². The van der Waals surface area contributed by atoms with Gasteiger partial charge in [-0.25, -0.2) is 8.42 Å². The van der Waals surface area contributed by atoms with Crippen molar-refractivity contribution in [3.63, 3.8) is 0 Å². The quantitative estimate of drug-likeness (QED) is 0.186. The van der Waals surface area contributed by atoms with Crippen molar-refractivity contribution >= 4 is 21.4 Å². The molecule has 1 fully saturated rings. The van der Waals surface area contributed by atoms with Gasteiger partial charge in [0, 0.05) is 52.4 Å². The van der Waals surface area contributed by atoms with Gasteiger partial charge in [0.1, 0.15) is 36.2 Å². The highest BCUT2D eigenvalue weighted by Gasteiger charge is 2.42. The third-order valence-electron chi connectivity index (χ3n) is 10.00. The largest absolute Gasteiger partial charge is 0.490 e. The predicted molar refractivity (Wildman–Crippen MR) is 200 cm³/mol. The number of methoxy groups -OCH3 is 1. The second-order valence-electron chi connectivity index (χ2n) is 13.6. The molecule has 0 bridgehead atoms. The summed E-state index contributed by atoms with van der Waals surface area (Å²) in [6, 6.07) is 26.2. The van der Waals surface area contributed by atoms with Gasteiger partial charge in [-0.3, -0.25) is 0 Å². The molecule has 7 rings (SSSR count). The van der Waals surface area contributed by atoms with Crippen LogP contribution in [0.15, 0.2) is 89.8 Å². The van der Waals surface area contributed by atoms with Crippen molar-refractivity contribution in [1.82, 2.24) is 4.31 Å². The highest BCUT2D eigenvalue weighted by Crippen LogP contribution is 2.39. The van der Waals surface area contributed by atoms with Crippen LogP contribution in [0.3, 0.4) is 0 Å². The number of β-amino-alcohol motifs (C(OH)–C–C–N with tert-alkyl or cyclic N) is 1. The number of sulfonamides is 1. The highest BCUT2D eigenvalue weighted by atomic mass is 32.2. The fraction of sp³-hybridized carbons (Fsp3) is 0.400. The summed E-state index contributed by atoms with van der Waals surface area (Å²) in [5.74, 6) is 2.41. The minimum Gasteiger partial charge on any atom is -0.490 e. The average molecular weight is 730 g/mol. The fourth-order valence-electron chi connectivity index (χ4n) is 7.15. The van der Waals surface area contributed by atoms with E-state index in [9.17, 15) is 13.5 Å². The fourth-order valence-corrected chi connectivity index (χ4v) is 8.62. The zero-order valence-electron chi connectivity index (χ0n) is 29.9. The first-order valence-corrected chi connectivity index (χ1v) is 19.3. The van der Waals surface area contributed by atoms with Crippen molar-refractivity contribution in [2.24, 2.45) is 0 Å². The molecule has 0 saturated carbocycles. The van der Waals surface area contributed by atoms with E-state index in [1.165, 1.54) is 4.31 Å². The van der Waals surface area contributed by atoms with E-state index in [-0.39, 0.29) is 24.6 Å². The number of aryl methyl sites for hydroxylation is 1. The molecule has 12 heteroatoms. The monoisotopic (exact) mass is 729 g/mol. The smallest absolute Gasteiger partial charge is 0.243 e. The van der Waals surface area contributed by atoms with Crippen molar-refractivity contribution in [3.8, 4) is 23.0 Å². The third kappa shape index (κ3) is 7.86. The molecule has 1 saturated heterocycles. The maximum Gasteiger partial charge on any atom is 0.243 e. The van der Waals surface area contributed by atoms with E-state index in [0.29, 0.717) is 31.3 Å². The van der Waals surface area contributed by atoms with E-state index in [0.717, 1.165) is 65.6 Å². The molecule has 4 aromatic carbocycles. The Balaban J connectivity index is 1.12. The number of benzene rings is 4. The van der Waals surface area contributed by atoms with Crippen LogP contribution in [-0.2, 0) is 26.1 Å². The molecule has 3 atom stereocenters. The van der Waals surface area contributed by atoms with Crippen LogP contribution in [-0.4, -0.2) is 96.7 Å². The first-order valence-electron chi connectivity index (χ1n) is 17.8. The van der Waals surface area contributed by atoms with Gasteiger partial charge >= 0.3 is 0 Å². The van der Waals surface area contributed by atoms with Crippen LogP contribution in [0, 0.1) is 6.92 Å². The summed E-state index contributed by atoms with van der Waals surface area (Å²) < 4.78 is 58.9. The molecule has 52 heavy (non-hydrogen) atoms. The Morgan fingerprint density at radius 2 is 1.60 bits per heavy atom. The molecule has 4 aromatic rings. The standard InChI is InChI=1S/C40H47N3O8S/c1-28-5-13-33(14-6-28)52(45,46)43-25-36(44)40(30-8-10-31(11-9-30)51-32-12-15-34-38(24-32)49-21-18-41(34)2)39(26-43)50-27-29-7-16-37-35(23-29)42(19-22-48-37)17-4-20-47-3/h5-16,23-24,36,39-40,44H,4,17-22,25-27H2,1-3H3. The first-order chi connectivity index (χ1) is 25.2. The number of hydrogen-bond donors (Lipinski definition) is 1. The summed E-state index contributed by atoms with van der Waals surface area (Å²) in [4.78, 5) is 4.63. The third-order valence-corrected chi connectivity index (χ3v) is 11.8. The molecule has 3 unspecified atom stereocenters. The van der Waals surface area contributed by atoms with Crippen molar-refractivity contribution in [2.45, 2.75) is 43.0 Å². The Morgan fingerprint density at radius 1 is 0.846 bits per heavy atom. The SMILES string of the molecule is COCCCN1CCOc2ccc(COC3CN(S(=O)(=O)c4ccc(C)cc4)CC(O)C3c3ccc(Oc4ccc5c(c4)OCCN5C)cc3)cc21. The molecule has 3 aliphatic rings. The molecule has 0 aliphatic carbocycles. The zero-order chi connectivity index (χ0) is 36.2. The van der Waals surface area contributed by atoms with Gasteiger partial charge in [-0.15, -0.1) is 0 Å². The summed E-state index contributed by atoms with van der Waals surface area (Å²) >= 11 is 0. The Hall–Kier alpha value is -4.33. The lowest BCUT2D eigenvalue weighted by Gasteiger charge is -2.41. The van der Waals surface area contributed by atoms with Crippen LogP contribution in [0.5, 0.6) is 23.0 Å². The Bertz CT molecular complexity index is 1940. The maximum absolute atomic E-state index is 13.8. The summed E-state index contributed by atoms with van der Waals surface area (Å²) in [7, 11) is -0.145. The molecule has 0 spiro atoms. The van der Waals surface area contributed by atoms with Gasteiger partial charge in [0.25, 0.3) is 0 Å². The maximum atomic E-state index is 13.8. The number of aliphatic hydroxyl groups excluding tert-OH is 1. The van der Waals surface area contributed by atoms with Gasteiger partial charge in [0.05, 0.1) is 48.2 Å². The van der Waals surface area contributed by atoms with E-state index >= 15 is 0 Å². The summed E-state index contributed by atoms with van der Waals surface area (Å²) in [5, 5.41) is 11.7. The van der Waals surface area contributed by atoms with Crippen molar-refractivity contribution < 1.29 is 37.2 Å². The predicted octanol–water partition coefficient (Wildman–Crippen LogP) is 5.59.